The second-order valence-electron chi connectivity index (χ2n) is 5.50. The molecule has 1 aliphatic heterocycles. The molecule has 0 saturated carbocycles. The highest BCUT2D eigenvalue weighted by atomic mass is 32.2. The van der Waals surface area contributed by atoms with Crippen LogP contribution < -0.4 is 5.32 Å². The van der Waals surface area contributed by atoms with Crippen LogP contribution in [0.1, 0.15) is 38.7 Å². The lowest BCUT2D eigenvalue weighted by molar-refractivity contribution is 0.328. The average molecular weight is 296 g/mol. The smallest absolute Gasteiger partial charge is 0.243 e. The van der Waals surface area contributed by atoms with Gasteiger partial charge in [-0.15, -0.1) is 0 Å². The lowest BCUT2D eigenvalue weighted by atomic mass is 10.2. The Hall–Kier alpha value is -0.910. The molecular formula is C15H24N2O2S. The molecule has 2 atom stereocenters. The Morgan fingerprint density at radius 3 is 2.75 bits per heavy atom. The zero-order valence-electron chi connectivity index (χ0n) is 12.5. The molecule has 2 unspecified atom stereocenters. The molecule has 4 nitrogen and oxygen atoms in total. The first-order chi connectivity index (χ1) is 9.50. The Morgan fingerprint density at radius 1 is 1.35 bits per heavy atom. The van der Waals surface area contributed by atoms with Crippen LogP contribution in [0.2, 0.25) is 0 Å². The first-order valence-electron chi connectivity index (χ1n) is 7.27. The molecular weight excluding hydrogens is 272 g/mol. The molecule has 2 rings (SSSR count). The van der Waals surface area contributed by atoms with Gasteiger partial charge < -0.3 is 5.32 Å². The fourth-order valence-electron chi connectivity index (χ4n) is 3.01. The zero-order chi connectivity index (χ0) is 14.8. The molecule has 0 radical (unpaired) electrons. The molecule has 1 fully saturated rings. The molecule has 5 heteroatoms. The summed E-state index contributed by atoms with van der Waals surface area (Å²) in [5, 5.41) is 3.05. The fourth-order valence-corrected chi connectivity index (χ4v) is 5.03. The van der Waals surface area contributed by atoms with E-state index in [1.807, 2.05) is 26.1 Å². The summed E-state index contributed by atoms with van der Waals surface area (Å²) in [5.41, 5.74) is 0.994. The summed E-state index contributed by atoms with van der Waals surface area (Å²) < 4.78 is 27.5. The van der Waals surface area contributed by atoms with Crippen LogP contribution in [0.4, 0.5) is 0 Å². The van der Waals surface area contributed by atoms with E-state index < -0.39 is 10.0 Å². The first kappa shape index (κ1) is 15.5. The number of nitrogens with zero attached hydrogens (tertiary/aromatic N) is 1. The van der Waals surface area contributed by atoms with E-state index in [4.69, 9.17) is 0 Å². The van der Waals surface area contributed by atoms with Crippen molar-refractivity contribution in [1.29, 1.82) is 0 Å². The predicted molar refractivity (Wildman–Crippen MR) is 81.0 cm³/mol. The summed E-state index contributed by atoms with van der Waals surface area (Å²) in [6.07, 6.45) is 2.79. The summed E-state index contributed by atoms with van der Waals surface area (Å²) in [6, 6.07) is 7.48. The number of nitrogens with one attached hydrogen (secondary N) is 1. The number of rotatable bonds is 5. The molecule has 0 aliphatic carbocycles. The van der Waals surface area contributed by atoms with Gasteiger partial charge in [0.2, 0.25) is 10.0 Å². The van der Waals surface area contributed by atoms with Crippen LogP contribution in [0.3, 0.4) is 0 Å². The van der Waals surface area contributed by atoms with Gasteiger partial charge in [-0.3, -0.25) is 0 Å². The van der Waals surface area contributed by atoms with Crippen molar-refractivity contribution in [2.24, 2.45) is 0 Å². The van der Waals surface area contributed by atoms with Gasteiger partial charge in [-0.2, -0.15) is 4.31 Å². The Labute approximate surface area is 122 Å². The van der Waals surface area contributed by atoms with Gasteiger partial charge in [0.25, 0.3) is 0 Å². The lowest BCUT2D eigenvalue weighted by Gasteiger charge is -2.27. The molecule has 1 aromatic rings. The summed E-state index contributed by atoms with van der Waals surface area (Å²) in [5.74, 6) is 0. The standard InChI is InChI=1S/C15H24N2O2S/c1-4-14-9-8-12(2)17(14)20(18,19)15-7-5-6-13(10-15)11-16-3/h5-7,10,12,14,16H,4,8-9,11H2,1-3H3. The number of hydrogen-bond donors (Lipinski definition) is 1. The second-order valence-corrected chi connectivity index (χ2v) is 7.34. The average Bonchev–Trinajstić information content (AvgIpc) is 2.81. The molecule has 0 amide bonds. The first-order valence-corrected chi connectivity index (χ1v) is 8.71. The van der Waals surface area contributed by atoms with Gasteiger partial charge in [-0.25, -0.2) is 8.42 Å². The largest absolute Gasteiger partial charge is 0.316 e. The quantitative estimate of drug-likeness (QED) is 0.907. The minimum atomic E-state index is -3.38. The van der Waals surface area contributed by atoms with E-state index in [9.17, 15) is 8.42 Å². The maximum absolute atomic E-state index is 12.9. The minimum absolute atomic E-state index is 0.0953. The number of benzene rings is 1. The molecule has 0 aromatic heterocycles. The molecule has 0 bridgehead atoms. The van der Waals surface area contributed by atoms with Gasteiger partial charge in [0.15, 0.2) is 0 Å². The lowest BCUT2D eigenvalue weighted by Crippen LogP contribution is -2.39. The van der Waals surface area contributed by atoms with Gasteiger partial charge in [0, 0.05) is 18.6 Å². The van der Waals surface area contributed by atoms with E-state index >= 15 is 0 Å². The predicted octanol–water partition coefficient (Wildman–Crippen LogP) is 2.36. The fraction of sp³-hybridized carbons (Fsp3) is 0.600. The van der Waals surface area contributed by atoms with Gasteiger partial charge in [0.1, 0.15) is 0 Å². The highest BCUT2D eigenvalue weighted by Crippen LogP contribution is 2.32. The zero-order valence-corrected chi connectivity index (χ0v) is 13.3. The Morgan fingerprint density at radius 2 is 2.10 bits per heavy atom. The van der Waals surface area contributed by atoms with E-state index in [1.54, 1.807) is 16.4 Å². The molecule has 20 heavy (non-hydrogen) atoms. The molecule has 1 saturated heterocycles. The van der Waals surface area contributed by atoms with Crippen LogP contribution >= 0.6 is 0 Å². The van der Waals surface area contributed by atoms with E-state index in [0.717, 1.165) is 24.8 Å². The van der Waals surface area contributed by atoms with Gasteiger partial charge in [-0.1, -0.05) is 19.1 Å². The van der Waals surface area contributed by atoms with E-state index in [1.165, 1.54) is 0 Å². The van der Waals surface area contributed by atoms with E-state index in [2.05, 4.69) is 12.2 Å². The van der Waals surface area contributed by atoms with Gasteiger partial charge >= 0.3 is 0 Å². The molecule has 1 aliphatic rings. The van der Waals surface area contributed by atoms with Crippen molar-refractivity contribution in [2.75, 3.05) is 7.05 Å². The summed E-state index contributed by atoms with van der Waals surface area (Å²) >= 11 is 0. The normalized spacial score (nSPS) is 24.1. The Balaban J connectivity index is 2.36. The van der Waals surface area contributed by atoms with Crippen molar-refractivity contribution in [3.63, 3.8) is 0 Å². The molecule has 1 aromatic carbocycles. The van der Waals surface area contributed by atoms with E-state index in [0.29, 0.717) is 11.4 Å². The molecule has 1 heterocycles. The third-order valence-electron chi connectivity index (χ3n) is 4.04. The van der Waals surface area contributed by atoms with Crippen molar-refractivity contribution in [3.05, 3.63) is 29.8 Å². The molecule has 1 N–H and O–H groups in total. The van der Waals surface area contributed by atoms with Gasteiger partial charge in [0.05, 0.1) is 4.90 Å². The third-order valence-corrected chi connectivity index (χ3v) is 6.10. The Kier molecular flexibility index (Phi) is 4.83. The number of hydrogen-bond acceptors (Lipinski definition) is 3. The van der Waals surface area contributed by atoms with Crippen LogP contribution in [0.25, 0.3) is 0 Å². The maximum atomic E-state index is 12.9. The van der Waals surface area contributed by atoms with Crippen LogP contribution in [-0.2, 0) is 16.6 Å². The SMILES string of the molecule is CCC1CCC(C)N1S(=O)(=O)c1cccc(CNC)c1. The van der Waals surface area contributed by atoms with Crippen LogP contribution in [0.15, 0.2) is 29.2 Å². The van der Waals surface area contributed by atoms with Crippen molar-refractivity contribution in [3.8, 4) is 0 Å². The summed E-state index contributed by atoms with van der Waals surface area (Å²) in [7, 11) is -1.53. The minimum Gasteiger partial charge on any atom is -0.316 e. The van der Waals surface area contributed by atoms with Crippen molar-refractivity contribution >= 4 is 10.0 Å². The van der Waals surface area contributed by atoms with Crippen LogP contribution in [0.5, 0.6) is 0 Å². The monoisotopic (exact) mass is 296 g/mol. The highest BCUT2D eigenvalue weighted by Gasteiger charge is 2.39. The topological polar surface area (TPSA) is 49.4 Å². The summed E-state index contributed by atoms with van der Waals surface area (Å²) in [6.45, 7) is 4.74. The highest BCUT2D eigenvalue weighted by molar-refractivity contribution is 7.89. The number of sulfonamides is 1. The molecule has 0 spiro atoms. The van der Waals surface area contributed by atoms with Crippen LogP contribution in [0, 0.1) is 0 Å². The second kappa shape index (κ2) is 6.24. The Bertz CT molecular complexity index is 557. The van der Waals surface area contributed by atoms with Gasteiger partial charge in [-0.05, 0) is 50.9 Å². The van der Waals surface area contributed by atoms with Crippen molar-refractivity contribution in [1.82, 2.24) is 9.62 Å². The maximum Gasteiger partial charge on any atom is 0.243 e. The van der Waals surface area contributed by atoms with E-state index in [-0.39, 0.29) is 12.1 Å². The molecule has 112 valence electrons. The van der Waals surface area contributed by atoms with Crippen molar-refractivity contribution in [2.45, 2.75) is 56.6 Å². The van der Waals surface area contributed by atoms with Crippen molar-refractivity contribution < 1.29 is 8.42 Å². The summed E-state index contributed by atoms with van der Waals surface area (Å²) in [4.78, 5) is 0.414. The third kappa shape index (κ3) is 2.90. The van der Waals surface area contributed by atoms with Crippen LogP contribution in [-0.4, -0.2) is 31.9 Å².